The predicted octanol–water partition coefficient (Wildman–Crippen LogP) is 2.73. The van der Waals surface area contributed by atoms with Crippen molar-refractivity contribution < 1.29 is 4.39 Å². The van der Waals surface area contributed by atoms with E-state index in [1.165, 1.54) is 25.7 Å². The summed E-state index contributed by atoms with van der Waals surface area (Å²) in [4.78, 5) is 4.87. The minimum absolute atomic E-state index is 0.0292. The van der Waals surface area contributed by atoms with Crippen LogP contribution in [-0.4, -0.2) is 23.7 Å². The summed E-state index contributed by atoms with van der Waals surface area (Å²) >= 11 is 0. The summed E-state index contributed by atoms with van der Waals surface area (Å²) in [5.74, 6) is -0.0292. The van der Waals surface area contributed by atoms with E-state index >= 15 is 0 Å². The van der Waals surface area contributed by atoms with Crippen molar-refractivity contribution in [3.05, 3.63) is 29.6 Å². The minimum atomic E-state index is -0.0292. The van der Waals surface area contributed by atoms with Crippen LogP contribution in [0.1, 0.15) is 31.2 Å². The number of rotatable bonds is 2. The fourth-order valence-electron chi connectivity index (χ4n) is 2.88. The van der Waals surface area contributed by atoms with Gasteiger partial charge in [-0.25, -0.2) is 4.39 Å². The smallest absolute Gasteiger partial charge is 0.129 e. The van der Waals surface area contributed by atoms with Gasteiger partial charge in [0.05, 0.1) is 6.67 Å². The highest BCUT2D eigenvalue weighted by Gasteiger charge is 2.39. The van der Waals surface area contributed by atoms with Crippen LogP contribution >= 0.6 is 0 Å². The third kappa shape index (κ3) is 1.64. The van der Waals surface area contributed by atoms with Crippen LogP contribution in [0.4, 0.5) is 10.1 Å². The number of halogens is 1. The number of hydrogen-bond acceptors (Lipinski definition) is 2. The molecule has 4 rings (SSSR count). The van der Waals surface area contributed by atoms with Crippen LogP contribution in [0.5, 0.6) is 0 Å². The van der Waals surface area contributed by atoms with E-state index in [1.54, 1.807) is 6.07 Å². The lowest BCUT2D eigenvalue weighted by Gasteiger charge is -2.39. The molecule has 0 unspecified atom stereocenters. The molecule has 1 aromatic rings. The van der Waals surface area contributed by atoms with E-state index in [2.05, 4.69) is 15.9 Å². The molecule has 1 heterocycles. The van der Waals surface area contributed by atoms with Gasteiger partial charge in [-0.15, -0.1) is 0 Å². The van der Waals surface area contributed by atoms with Crippen molar-refractivity contribution in [3.8, 4) is 0 Å². The van der Waals surface area contributed by atoms with Gasteiger partial charge in [-0.2, -0.15) is 0 Å². The van der Waals surface area contributed by atoms with Gasteiger partial charge >= 0.3 is 0 Å². The fourth-order valence-corrected chi connectivity index (χ4v) is 2.88. The van der Waals surface area contributed by atoms with Gasteiger partial charge in [0, 0.05) is 29.9 Å². The summed E-state index contributed by atoms with van der Waals surface area (Å²) in [7, 11) is 0. The summed E-state index contributed by atoms with van der Waals surface area (Å²) in [6.45, 7) is 1.81. The first-order valence-corrected chi connectivity index (χ1v) is 6.61. The van der Waals surface area contributed by atoms with Crippen LogP contribution in [0, 0.1) is 5.82 Å². The molecule has 0 aromatic heterocycles. The van der Waals surface area contributed by atoms with E-state index in [0.717, 1.165) is 24.5 Å². The number of anilines is 1. The molecular formula is C14H17FN2. The average molecular weight is 232 g/mol. The first kappa shape index (κ1) is 9.89. The Balaban J connectivity index is 1.74. The maximum Gasteiger partial charge on any atom is 0.129 e. The third-order valence-electron chi connectivity index (χ3n) is 4.15. The molecule has 0 spiro atoms. The van der Waals surface area contributed by atoms with E-state index in [9.17, 15) is 4.39 Å². The topological polar surface area (TPSA) is 6.48 Å². The van der Waals surface area contributed by atoms with Gasteiger partial charge in [0.15, 0.2) is 0 Å². The fraction of sp³-hybridized carbons (Fsp3) is 0.571. The molecule has 2 fully saturated rings. The van der Waals surface area contributed by atoms with E-state index in [0.29, 0.717) is 12.1 Å². The molecule has 0 amide bonds. The van der Waals surface area contributed by atoms with Crippen molar-refractivity contribution in [1.29, 1.82) is 0 Å². The Bertz CT molecular complexity index is 452. The van der Waals surface area contributed by atoms with Gasteiger partial charge in [-0.05, 0) is 37.8 Å². The number of hydrogen-bond donors (Lipinski definition) is 0. The minimum Gasteiger partial charge on any atom is -0.355 e. The third-order valence-corrected chi connectivity index (χ3v) is 4.15. The average Bonchev–Trinajstić information content (AvgIpc) is 3.19. The maximum atomic E-state index is 13.9. The van der Waals surface area contributed by atoms with Crippen LogP contribution in [-0.2, 0) is 6.54 Å². The summed E-state index contributed by atoms with van der Waals surface area (Å²) < 4.78 is 13.9. The monoisotopic (exact) mass is 232 g/mol. The van der Waals surface area contributed by atoms with E-state index in [4.69, 9.17) is 0 Å². The zero-order valence-corrected chi connectivity index (χ0v) is 9.90. The van der Waals surface area contributed by atoms with Crippen molar-refractivity contribution in [2.24, 2.45) is 0 Å². The Hall–Kier alpha value is -1.09. The van der Waals surface area contributed by atoms with Crippen LogP contribution in [0.2, 0.25) is 0 Å². The molecular weight excluding hydrogens is 215 g/mol. The normalized spacial score (nSPS) is 24.9. The molecule has 0 bridgehead atoms. The molecule has 2 aliphatic carbocycles. The lowest BCUT2D eigenvalue weighted by molar-refractivity contribution is 0.236. The molecule has 1 aromatic carbocycles. The summed E-state index contributed by atoms with van der Waals surface area (Å²) in [5, 5.41) is 0. The number of fused-ring (bicyclic) bond motifs is 1. The Morgan fingerprint density at radius 1 is 1.06 bits per heavy atom. The van der Waals surface area contributed by atoms with Crippen molar-refractivity contribution in [1.82, 2.24) is 4.90 Å². The molecule has 0 saturated heterocycles. The van der Waals surface area contributed by atoms with Crippen molar-refractivity contribution >= 4 is 5.69 Å². The Kier molecular flexibility index (Phi) is 2.01. The SMILES string of the molecule is Fc1cccc2c1CN(C1CC1)CN2C1CC1. The van der Waals surface area contributed by atoms with Crippen LogP contribution < -0.4 is 4.90 Å². The standard InChI is InChI=1S/C14H17FN2/c15-13-2-1-3-14-12(13)8-16(10-4-5-10)9-17(14)11-6-7-11/h1-3,10-11H,4-9H2. The first-order chi connectivity index (χ1) is 8.33. The highest BCUT2D eigenvalue weighted by atomic mass is 19.1. The molecule has 3 aliphatic rings. The van der Waals surface area contributed by atoms with E-state index in [1.807, 2.05) is 6.07 Å². The lowest BCUT2D eigenvalue weighted by Crippen LogP contribution is -2.44. The summed E-state index contributed by atoms with van der Waals surface area (Å²) in [5.41, 5.74) is 2.06. The van der Waals surface area contributed by atoms with Gasteiger partial charge in [-0.1, -0.05) is 6.07 Å². The molecule has 2 saturated carbocycles. The number of nitrogens with zero attached hydrogens (tertiary/aromatic N) is 2. The van der Waals surface area contributed by atoms with Crippen LogP contribution in [0.3, 0.4) is 0 Å². The van der Waals surface area contributed by atoms with Crippen LogP contribution in [0.25, 0.3) is 0 Å². The van der Waals surface area contributed by atoms with Crippen LogP contribution in [0.15, 0.2) is 18.2 Å². The van der Waals surface area contributed by atoms with E-state index < -0.39 is 0 Å². The van der Waals surface area contributed by atoms with E-state index in [-0.39, 0.29) is 5.82 Å². The molecule has 2 nitrogen and oxygen atoms in total. The predicted molar refractivity (Wildman–Crippen MR) is 65.3 cm³/mol. The Labute approximate surface area is 101 Å². The van der Waals surface area contributed by atoms with Gasteiger partial charge < -0.3 is 4.90 Å². The zero-order valence-electron chi connectivity index (χ0n) is 9.90. The van der Waals surface area contributed by atoms with Crippen molar-refractivity contribution in [2.45, 2.75) is 44.3 Å². The van der Waals surface area contributed by atoms with Crippen molar-refractivity contribution in [2.75, 3.05) is 11.6 Å². The molecule has 1 aliphatic heterocycles. The number of benzene rings is 1. The molecule has 90 valence electrons. The molecule has 0 radical (unpaired) electrons. The molecule has 0 atom stereocenters. The largest absolute Gasteiger partial charge is 0.355 e. The maximum absolute atomic E-state index is 13.9. The summed E-state index contributed by atoms with van der Waals surface area (Å²) in [6.07, 6.45) is 5.13. The van der Waals surface area contributed by atoms with Gasteiger partial charge in [0.25, 0.3) is 0 Å². The molecule has 0 N–H and O–H groups in total. The van der Waals surface area contributed by atoms with Gasteiger partial charge in [0.2, 0.25) is 0 Å². The summed E-state index contributed by atoms with van der Waals surface area (Å²) in [6, 6.07) is 6.90. The highest BCUT2D eigenvalue weighted by Crippen LogP contribution is 2.40. The highest BCUT2D eigenvalue weighted by molar-refractivity contribution is 5.57. The van der Waals surface area contributed by atoms with Gasteiger partial charge in [0.1, 0.15) is 5.82 Å². The quantitative estimate of drug-likeness (QED) is 0.773. The second-order valence-corrected chi connectivity index (χ2v) is 5.56. The first-order valence-electron chi connectivity index (χ1n) is 6.61. The molecule has 17 heavy (non-hydrogen) atoms. The molecule has 3 heteroatoms. The van der Waals surface area contributed by atoms with Crippen molar-refractivity contribution in [3.63, 3.8) is 0 Å². The second-order valence-electron chi connectivity index (χ2n) is 5.56. The Morgan fingerprint density at radius 2 is 1.82 bits per heavy atom. The second kappa shape index (κ2) is 3.45. The van der Waals surface area contributed by atoms with Gasteiger partial charge in [-0.3, -0.25) is 4.90 Å². The zero-order chi connectivity index (χ0) is 11.4. The lowest BCUT2D eigenvalue weighted by atomic mass is 10.1. The Morgan fingerprint density at radius 3 is 2.53 bits per heavy atom.